The summed E-state index contributed by atoms with van der Waals surface area (Å²) in [5.41, 5.74) is 0. The van der Waals surface area contributed by atoms with Crippen molar-refractivity contribution in [2.75, 3.05) is 13.2 Å². The fourth-order valence-corrected chi connectivity index (χ4v) is 1.22. The molecule has 0 aromatic rings. The quantitative estimate of drug-likeness (QED) is 0.416. The number of aliphatic hydroxyl groups excluding tert-OH is 2. The maximum atomic E-state index is 11.3. The van der Waals surface area contributed by atoms with Crippen LogP contribution in [0.25, 0.3) is 0 Å². The summed E-state index contributed by atoms with van der Waals surface area (Å²) in [4.78, 5) is 21.5. The second-order valence-corrected chi connectivity index (χ2v) is 3.28. The van der Waals surface area contributed by atoms with Gasteiger partial charge < -0.3 is 15.0 Å². The van der Waals surface area contributed by atoms with E-state index < -0.39 is 5.92 Å². The van der Waals surface area contributed by atoms with Gasteiger partial charge in [0.2, 0.25) is 0 Å². The van der Waals surface area contributed by atoms with Crippen LogP contribution in [0, 0.1) is 5.92 Å². The average Bonchev–Trinajstić information content (AvgIpc) is 2.20. The molecule has 0 aliphatic carbocycles. The predicted molar refractivity (Wildman–Crippen MR) is 51.8 cm³/mol. The maximum Gasteiger partial charge on any atom is 0.138 e. The Hall–Kier alpha value is -0.740. The number of aldehydes is 1. The average molecular weight is 202 g/mol. The van der Waals surface area contributed by atoms with Crippen molar-refractivity contribution in [3.63, 3.8) is 0 Å². The van der Waals surface area contributed by atoms with Gasteiger partial charge in [0.1, 0.15) is 12.1 Å². The zero-order valence-electron chi connectivity index (χ0n) is 8.32. The molecular formula is C10H18O4. The molecule has 0 fully saturated rings. The fraction of sp³-hybridized carbons (Fsp3) is 0.800. The number of unbranched alkanes of at least 4 members (excludes halogenated alkanes) is 2. The van der Waals surface area contributed by atoms with E-state index in [-0.39, 0.29) is 25.4 Å². The highest BCUT2D eigenvalue weighted by atomic mass is 16.3. The maximum absolute atomic E-state index is 11.3. The number of Topliss-reactive ketones (excluding diaryl/α,β-unsaturated/α-hetero) is 1. The molecule has 0 bridgehead atoms. The minimum absolute atomic E-state index is 0.0578. The van der Waals surface area contributed by atoms with Gasteiger partial charge in [-0.3, -0.25) is 4.79 Å². The molecule has 0 amide bonds. The van der Waals surface area contributed by atoms with Crippen molar-refractivity contribution < 1.29 is 19.8 Å². The molecule has 0 rings (SSSR count). The minimum Gasteiger partial charge on any atom is -0.396 e. The van der Waals surface area contributed by atoms with E-state index in [1.807, 2.05) is 0 Å². The summed E-state index contributed by atoms with van der Waals surface area (Å²) in [6.07, 6.45) is 3.38. The summed E-state index contributed by atoms with van der Waals surface area (Å²) < 4.78 is 0. The van der Waals surface area contributed by atoms with E-state index >= 15 is 0 Å². The molecule has 1 unspecified atom stereocenters. The second kappa shape index (κ2) is 8.84. The minimum atomic E-state index is -0.526. The van der Waals surface area contributed by atoms with Crippen molar-refractivity contribution in [3.05, 3.63) is 0 Å². The van der Waals surface area contributed by atoms with Crippen LogP contribution in [-0.4, -0.2) is 35.5 Å². The molecule has 82 valence electrons. The Labute approximate surface area is 83.9 Å². The van der Waals surface area contributed by atoms with Crippen LogP contribution in [0.3, 0.4) is 0 Å². The molecule has 0 radical (unpaired) electrons. The first-order valence-corrected chi connectivity index (χ1v) is 4.94. The molecule has 0 aromatic heterocycles. The number of rotatable bonds is 9. The summed E-state index contributed by atoms with van der Waals surface area (Å²) in [7, 11) is 0. The number of hydrogen-bond donors (Lipinski definition) is 2. The monoisotopic (exact) mass is 202 g/mol. The Kier molecular flexibility index (Phi) is 8.37. The van der Waals surface area contributed by atoms with Gasteiger partial charge in [-0.25, -0.2) is 0 Å². The van der Waals surface area contributed by atoms with Crippen LogP contribution < -0.4 is 0 Å². The SMILES string of the molecule is O=CCC(CO)C(=O)CCCCCO. The zero-order chi connectivity index (χ0) is 10.8. The largest absolute Gasteiger partial charge is 0.396 e. The highest BCUT2D eigenvalue weighted by Crippen LogP contribution is 2.09. The van der Waals surface area contributed by atoms with Crippen molar-refractivity contribution in [3.8, 4) is 0 Å². The molecule has 0 spiro atoms. The van der Waals surface area contributed by atoms with Gasteiger partial charge in [0.15, 0.2) is 0 Å². The standard InChI is InChI=1S/C10H18O4/c11-6-3-1-2-4-10(14)9(8-13)5-7-12/h7,9,11,13H,1-6,8H2. The van der Waals surface area contributed by atoms with Crippen molar-refractivity contribution in [2.24, 2.45) is 5.92 Å². The highest BCUT2D eigenvalue weighted by molar-refractivity contribution is 5.83. The van der Waals surface area contributed by atoms with E-state index in [0.717, 1.165) is 12.8 Å². The Morgan fingerprint density at radius 1 is 1.21 bits per heavy atom. The van der Waals surface area contributed by atoms with E-state index in [2.05, 4.69) is 0 Å². The van der Waals surface area contributed by atoms with Gasteiger partial charge in [0.05, 0.1) is 6.61 Å². The molecule has 1 atom stereocenters. The van der Waals surface area contributed by atoms with Crippen LogP contribution in [0.4, 0.5) is 0 Å². The molecule has 2 N–H and O–H groups in total. The lowest BCUT2D eigenvalue weighted by Gasteiger charge is -2.08. The second-order valence-electron chi connectivity index (χ2n) is 3.28. The topological polar surface area (TPSA) is 74.6 Å². The molecule has 0 aliphatic heterocycles. The van der Waals surface area contributed by atoms with E-state index in [0.29, 0.717) is 19.1 Å². The molecule has 0 heterocycles. The molecule has 0 saturated heterocycles. The van der Waals surface area contributed by atoms with Gasteiger partial charge in [0, 0.05) is 25.4 Å². The predicted octanol–water partition coefficient (Wildman–Crippen LogP) is 0.306. The van der Waals surface area contributed by atoms with Crippen LogP contribution in [0.2, 0.25) is 0 Å². The van der Waals surface area contributed by atoms with Crippen molar-refractivity contribution in [2.45, 2.75) is 32.1 Å². The van der Waals surface area contributed by atoms with Crippen molar-refractivity contribution >= 4 is 12.1 Å². The fourth-order valence-electron chi connectivity index (χ4n) is 1.22. The Balaban J connectivity index is 3.63. The number of ketones is 1. The van der Waals surface area contributed by atoms with E-state index in [9.17, 15) is 9.59 Å². The van der Waals surface area contributed by atoms with Crippen LogP contribution in [0.1, 0.15) is 32.1 Å². The molecule has 14 heavy (non-hydrogen) atoms. The summed E-state index contributed by atoms with van der Waals surface area (Å²) in [5.74, 6) is -0.584. The summed E-state index contributed by atoms with van der Waals surface area (Å²) in [6.45, 7) is -0.108. The first-order valence-electron chi connectivity index (χ1n) is 4.94. The number of carbonyl (C=O) groups is 2. The first kappa shape index (κ1) is 13.3. The van der Waals surface area contributed by atoms with Crippen LogP contribution in [0.15, 0.2) is 0 Å². The Morgan fingerprint density at radius 3 is 2.43 bits per heavy atom. The Morgan fingerprint density at radius 2 is 1.93 bits per heavy atom. The lowest BCUT2D eigenvalue weighted by molar-refractivity contribution is -0.126. The number of hydrogen-bond acceptors (Lipinski definition) is 4. The smallest absolute Gasteiger partial charge is 0.138 e. The highest BCUT2D eigenvalue weighted by Gasteiger charge is 2.15. The third-order valence-electron chi connectivity index (χ3n) is 2.14. The summed E-state index contributed by atoms with van der Waals surface area (Å²) in [5, 5.41) is 17.3. The third kappa shape index (κ3) is 5.83. The summed E-state index contributed by atoms with van der Waals surface area (Å²) in [6, 6.07) is 0. The van der Waals surface area contributed by atoms with E-state index in [4.69, 9.17) is 10.2 Å². The molecule has 4 nitrogen and oxygen atoms in total. The molecule has 0 saturated carbocycles. The van der Waals surface area contributed by atoms with Crippen molar-refractivity contribution in [1.29, 1.82) is 0 Å². The molecule has 0 aromatic carbocycles. The lowest BCUT2D eigenvalue weighted by atomic mass is 9.97. The van der Waals surface area contributed by atoms with Gasteiger partial charge in [0.25, 0.3) is 0 Å². The summed E-state index contributed by atoms with van der Waals surface area (Å²) >= 11 is 0. The van der Waals surface area contributed by atoms with Crippen molar-refractivity contribution in [1.82, 2.24) is 0 Å². The zero-order valence-corrected chi connectivity index (χ0v) is 8.32. The molecule has 4 heteroatoms. The van der Waals surface area contributed by atoms with Gasteiger partial charge in [-0.2, -0.15) is 0 Å². The first-order chi connectivity index (χ1) is 6.76. The van der Waals surface area contributed by atoms with Gasteiger partial charge in [-0.15, -0.1) is 0 Å². The van der Waals surface area contributed by atoms with Crippen LogP contribution >= 0.6 is 0 Å². The van der Waals surface area contributed by atoms with Crippen LogP contribution in [-0.2, 0) is 9.59 Å². The van der Waals surface area contributed by atoms with Gasteiger partial charge in [-0.05, 0) is 12.8 Å². The van der Waals surface area contributed by atoms with Gasteiger partial charge >= 0.3 is 0 Å². The Bertz CT molecular complexity index is 168. The van der Waals surface area contributed by atoms with Gasteiger partial charge in [-0.1, -0.05) is 6.42 Å². The molecular weight excluding hydrogens is 184 g/mol. The third-order valence-corrected chi connectivity index (χ3v) is 2.14. The lowest BCUT2D eigenvalue weighted by Crippen LogP contribution is -2.18. The van der Waals surface area contributed by atoms with E-state index in [1.54, 1.807) is 0 Å². The number of carbonyl (C=O) groups excluding carboxylic acids is 2. The van der Waals surface area contributed by atoms with Crippen LogP contribution in [0.5, 0.6) is 0 Å². The molecule has 0 aliphatic rings. The van der Waals surface area contributed by atoms with E-state index in [1.165, 1.54) is 0 Å². The normalized spacial score (nSPS) is 12.4. The number of aliphatic hydroxyl groups is 2.